The second-order valence-corrected chi connectivity index (χ2v) is 12.2. The number of fused-ring (bicyclic) bond motifs is 2. The molecule has 0 bridgehead atoms. The lowest BCUT2D eigenvalue weighted by molar-refractivity contribution is 0.000957. The fraction of sp³-hybridized carbons (Fsp3) is 0.552. The summed E-state index contributed by atoms with van der Waals surface area (Å²) in [6, 6.07) is 3.49. The summed E-state index contributed by atoms with van der Waals surface area (Å²) in [5, 5.41) is 13.9. The summed E-state index contributed by atoms with van der Waals surface area (Å²) < 4.78 is 26.7. The van der Waals surface area contributed by atoms with Crippen molar-refractivity contribution in [1.29, 1.82) is 0 Å². The minimum Gasteiger partial charge on any atom is -0.507 e. The van der Waals surface area contributed by atoms with Gasteiger partial charge >= 0.3 is 6.09 Å². The largest absolute Gasteiger partial charge is 0.507 e. The van der Waals surface area contributed by atoms with Crippen LogP contribution in [0.5, 0.6) is 11.5 Å². The first kappa shape index (κ1) is 28.3. The molecule has 1 unspecified atom stereocenters. The highest BCUT2D eigenvalue weighted by molar-refractivity contribution is 6.35. The fourth-order valence-corrected chi connectivity index (χ4v) is 6.05. The van der Waals surface area contributed by atoms with E-state index in [9.17, 15) is 19.1 Å². The SMILES string of the molecule is CC(Nc1nc(-c2c(O)cccc2F)c(Cl)c2c1C(=O)N1CCN(C(=O)OC(C)(C)C)C[C@@H]1CO2)C1CCCC1. The van der Waals surface area contributed by atoms with Crippen LogP contribution in [-0.2, 0) is 4.74 Å². The topological polar surface area (TPSA) is 104 Å². The van der Waals surface area contributed by atoms with Crippen molar-refractivity contribution < 1.29 is 28.6 Å². The summed E-state index contributed by atoms with van der Waals surface area (Å²) in [5.41, 5.74) is -0.658. The van der Waals surface area contributed by atoms with Gasteiger partial charge in [-0.15, -0.1) is 0 Å². The highest BCUT2D eigenvalue weighted by atomic mass is 35.5. The molecule has 1 saturated carbocycles. The number of anilines is 1. The van der Waals surface area contributed by atoms with Gasteiger partial charge in [0, 0.05) is 25.7 Å². The molecule has 9 nitrogen and oxygen atoms in total. The zero-order chi connectivity index (χ0) is 28.8. The summed E-state index contributed by atoms with van der Waals surface area (Å²) >= 11 is 6.78. The van der Waals surface area contributed by atoms with E-state index in [0.29, 0.717) is 12.5 Å². The van der Waals surface area contributed by atoms with E-state index in [1.54, 1.807) is 30.6 Å². The Balaban J connectivity index is 1.54. The van der Waals surface area contributed by atoms with Gasteiger partial charge in [0.25, 0.3) is 5.91 Å². The second kappa shape index (κ2) is 11.0. The van der Waals surface area contributed by atoms with E-state index >= 15 is 0 Å². The fourth-order valence-electron chi connectivity index (χ4n) is 5.76. The van der Waals surface area contributed by atoms with E-state index in [-0.39, 0.29) is 70.8 Å². The first-order chi connectivity index (χ1) is 18.9. The molecule has 1 aromatic heterocycles. The number of ether oxygens (including phenoxy) is 2. The summed E-state index contributed by atoms with van der Waals surface area (Å²) in [5.74, 6) is -0.647. The first-order valence-corrected chi connectivity index (χ1v) is 14.2. The van der Waals surface area contributed by atoms with E-state index in [1.807, 2.05) is 6.92 Å². The predicted octanol–water partition coefficient (Wildman–Crippen LogP) is 5.69. The summed E-state index contributed by atoms with van der Waals surface area (Å²) in [4.78, 5) is 34.7. The number of hydrogen-bond donors (Lipinski definition) is 2. The Hall–Kier alpha value is -3.27. The van der Waals surface area contributed by atoms with Crippen LogP contribution in [0.3, 0.4) is 0 Å². The van der Waals surface area contributed by atoms with Crippen LogP contribution in [0.25, 0.3) is 11.3 Å². The van der Waals surface area contributed by atoms with Crippen LogP contribution in [0.4, 0.5) is 15.0 Å². The maximum atomic E-state index is 15.0. The molecule has 2 atom stereocenters. The van der Waals surface area contributed by atoms with Crippen LogP contribution in [0.1, 0.15) is 63.7 Å². The third kappa shape index (κ3) is 5.50. The number of pyridine rings is 1. The number of carbonyl (C=O) groups excluding carboxylic acids is 2. The average Bonchev–Trinajstić information content (AvgIpc) is 3.38. The number of aromatic hydroxyl groups is 1. The van der Waals surface area contributed by atoms with E-state index < -0.39 is 23.6 Å². The highest BCUT2D eigenvalue weighted by Crippen LogP contribution is 2.45. The first-order valence-electron chi connectivity index (χ1n) is 13.8. The number of phenols is 1. The van der Waals surface area contributed by atoms with Crippen molar-refractivity contribution in [3.63, 3.8) is 0 Å². The smallest absolute Gasteiger partial charge is 0.410 e. The molecule has 2 aliphatic heterocycles. The van der Waals surface area contributed by atoms with Crippen molar-refractivity contribution in [3.8, 4) is 22.8 Å². The number of rotatable bonds is 4. The summed E-state index contributed by atoms with van der Waals surface area (Å²) in [7, 11) is 0. The van der Waals surface area contributed by atoms with Crippen LogP contribution < -0.4 is 10.1 Å². The van der Waals surface area contributed by atoms with E-state index in [4.69, 9.17) is 21.1 Å². The van der Waals surface area contributed by atoms with Gasteiger partial charge in [0.15, 0.2) is 5.75 Å². The molecule has 2 aromatic rings. The van der Waals surface area contributed by atoms with E-state index in [2.05, 4.69) is 10.3 Å². The van der Waals surface area contributed by atoms with Gasteiger partial charge in [-0.3, -0.25) is 4.79 Å². The lowest BCUT2D eigenvalue weighted by Crippen LogP contribution is -2.58. The van der Waals surface area contributed by atoms with Crippen LogP contribution >= 0.6 is 11.6 Å². The van der Waals surface area contributed by atoms with Gasteiger partial charge in [-0.25, -0.2) is 14.2 Å². The number of aromatic nitrogens is 1. The Morgan fingerprint density at radius 3 is 2.65 bits per heavy atom. The number of carbonyl (C=O) groups is 2. The Morgan fingerprint density at radius 1 is 1.25 bits per heavy atom. The number of nitrogens with one attached hydrogen (secondary N) is 1. The van der Waals surface area contributed by atoms with Gasteiger partial charge in [0.1, 0.15) is 45.9 Å². The highest BCUT2D eigenvalue weighted by Gasteiger charge is 2.41. The van der Waals surface area contributed by atoms with E-state index in [1.165, 1.54) is 18.2 Å². The molecule has 40 heavy (non-hydrogen) atoms. The zero-order valence-electron chi connectivity index (χ0n) is 23.3. The number of hydrogen-bond acceptors (Lipinski definition) is 7. The molecule has 1 saturated heterocycles. The molecular formula is C29H36ClFN4O5. The standard InChI is InChI=1S/C29H36ClFN4O5/c1-16(17-8-5-6-9-17)32-26-22-25(23(30)24(33-26)21-19(31)10-7-11-20(21)36)39-15-18-14-34(12-13-35(18)27(22)37)28(38)40-29(2,3)4/h7,10-11,16-18,36H,5-6,8-9,12-15H2,1-4H3,(H,32,33)/t16?,18-/m1/s1. The molecule has 0 spiro atoms. The number of piperazine rings is 1. The molecule has 3 heterocycles. The molecule has 3 aliphatic rings. The lowest BCUT2D eigenvalue weighted by atomic mass is 9.99. The van der Waals surface area contributed by atoms with Crippen LogP contribution in [0, 0.1) is 11.7 Å². The predicted molar refractivity (Wildman–Crippen MR) is 149 cm³/mol. The number of benzene rings is 1. The second-order valence-electron chi connectivity index (χ2n) is 11.8. The van der Waals surface area contributed by atoms with Crippen LogP contribution in [-0.4, -0.2) is 75.8 Å². The summed E-state index contributed by atoms with van der Waals surface area (Å²) in [6.45, 7) is 8.31. The van der Waals surface area contributed by atoms with Gasteiger partial charge in [-0.05, 0) is 58.6 Å². The van der Waals surface area contributed by atoms with Gasteiger partial charge in [-0.1, -0.05) is 30.5 Å². The van der Waals surface area contributed by atoms with Crippen molar-refractivity contribution in [1.82, 2.24) is 14.8 Å². The normalized spacial score (nSPS) is 20.4. The molecule has 216 valence electrons. The van der Waals surface area contributed by atoms with Crippen molar-refractivity contribution in [2.45, 2.75) is 71.1 Å². The average molecular weight is 575 g/mol. The molecule has 2 N–H and O–H groups in total. The Kier molecular flexibility index (Phi) is 7.74. The third-order valence-electron chi connectivity index (χ3n) is 7.82. The number of amides is 2. The molecule has 0 radical (unpaired) electrons. The Morgan fingerprint density at radius 2 is 1.98 bits per heavy atom. The maximum Gasteiger partial charge on any atom is 0.410 e. The molecular weight excluding hydrogens is 539 g/mol. The molecule has 2 fully saturated rings. The molecule has 1 aliphatic carbocycles. The van der Waals surface area contributed by atoms with Gasteiger partial charge in [-0.2, -0.15) is 0 Å². The number of phenolic OH excluding ortho intramolecular Hbond substituents is 1. The molecule has 2 amide bonds. The Bertz CT molecular complexity index is 1290. The number of halogens is 2. The summed E-state index contributed by atoms with van der Waals surface area (Å²) in [6.07, 6.45) is 3.95. The minimum absolute atomic E-state index is 0.0137. The monoisotopic (exact) mass is 574 g/mol. The van der Waals surface area contributed by atoms with Crippen molar-refractivity contribution in [3.05, 3.63) is 34.6 Å². The third-order valence-corrected chi connectivity index (χ3v) is 8.17. The molecule has 11 heteroatoms. The maximum absolute atomic E-state index is 15.0. The number of nitrogens with zero attached hydrogens (tertiary/aromatic N) is 3. The van der Waals surface area contributed by atoms with Crippen LogP contribution in [0.15, 0.2) is 18.2 Å². The lowest BCUT2D eigenvalue weighted by Gasteiger charge is -2.40. The molecule has 1 aromatic carbocycles. The van der Waals surface area contributed by atoms with Crippen molar-refractivity contribution in [2.75, 3.05) is 31.6 Å². The van der Waals surface area contributed by atoms with Crippen molar-refractivity contribution >= 4 is 29.4 Å². The van der Waals surface area contributed by atoms with E-state index in [0.717, 1.165) is 25.7 Å². The Labute approximate surface area is 238 Å². The van der Waals surface area contributed by atoms with Gasteiger partial charge in [0.05, 0.1) is 11.6 Å². The molecule has 5 rings (SSSR count). The van der Waals surface area contributed by atoms with Gasteiger partial charge < -0.3 is 29.7 Å². The van der Waals surface area contributed by atoms with Gasteiger partial charge in [0.2, 0.25) is 0 Å². The quantitative estimate of drug-likeness (QED) is 0.483. The van der Waals surface area contributed by atoms with Crippen LogP contribution in [0.2, 0.25) is 5.02 Å². The zero-order valence-corrected chi connectivity index (χ0v) is 24.1. The van der Waals surface area contributed by atoms with Crippen molar-refractivity contribution in [2.24, 2.45) is 5.92 Å². The minimum atomic E-state index is -0.700.